The number of amides is 3. The maximum atomic E-state index is 12.3. The van der Waals surface area contributed by atoms with E-state index in [1.165, 1.54) is 0 Å². The SMILES string of the molecule is O=C(NCC1CCOC1)c1ccc(NC(=O)N2CC(c3cccnc3)C2)cc1. The summed E-state index contributed by atoms with van der Waals surface area (Å²) in [7, 11) is 0. The van der Waals surface area contributed by atoms with Gasteiger partial charge in [-0.25, -0.2) is 4.79 Å². The average Bonchev–Trinajstić information content (AvgIpc) is 3.20. The zero-order valence-electron chi connectivity index (χ0n) is 15.6. The van der Waals surface area contributed by atoms with Crippen LogP contribution in [0.25, 0.3) is 0 Å². The van der Waals surface area contributed by atoms with Gasteiger partial charge in [0, 0.05) is 61.7 Å². The van der Waals surface area contributed by atoms with E-state index in [1.807, 2.05) is 18.3 Å². The summed E-state index contributed by atoms with van der Waals surface area (Å²) in [6, 6.07) is 10.8. The topological polar surface area (TPSA) is 83.6 Å². The molecule has 28 heavy (non-hydrogen) atoms. The third-order valence-corrected chi connectivity index (χ3v) is 5.30. The summed E-state index contributed by atoms with van der Waals surface area (Å²) in [5.41, 5.74) is 2.42. The van der Waals surface area contributed by atoms with Gasteiger partial charge in [0.15, 0.2) is 0 Å². The van der Waals surface area contributed by atoms with Crippen LogP contribution >= 0.6 is 0 Å². The predicted molar refractivity (Wildman–Crippen MR) is 105 cm³/mol. The molecule has 2 aliphatic rings. The number of ether oxygens (including phenoxy) is 1. The Morgan fingerprint density at radius 2 is 2.00 bits per heavy atom. The van der Waals surface area contributed by atoms with Gasteiger partial charge in [0.1, 0.15) is 0 Å². The van der Waals surface area contributed by atoms with Gasteiger partial charge in [-0.15, -0.1) is 0 Å². The Morgan fingerprint density at radius 1 is 1.18 bits per heavy atom. The van der Waals surface area contributed by atoms with Crippen LogP contribution in [0, 0.1) is 5.92 Å². The smallest absolute Gasteiger partial charge is 0.321 e. The number of pyridine rings is 1. The van der Waals surface area contributed by atoms with Crippen LogP contribution in [0.3, 0.4) is 0 Å². The van der Waals surface area contributed by atoms with Crippen molar-refractivity contribution in [2.75, 3.05) is 38.2 Å². The minimum absolute atomic E-state index is 0.105. The molecule has 0 bridgehead atoms. The molecule has 0 spiro atoms. The molecule has 2 fully saturated rings. The van der Waals surface area contributed by atoms with Gasteiger partial charge in [-0.2, -0.15) is 0 Å². The van der Waals surface area contributed by atoms with Crippen LogP contribution in [-0.2, 0) is 4.74 Å². The number of nitrogens with zero attached hydrogens (tertiary/aromatic N) is 2. The Hall–Kier alpha value is -2.93. The summed E-state index contributed by atoms with van der Waals surface area (Å²) < 4.78 is 5.31. The van der Waals surface area contributed by atoms with E-state index in [0.29, 0.717) is 49.3 Å². The van der Waals surface area contributed by atoms with Crippen molar-refractivity contribution in [1.82, 2.24) is 15.2 Å². The summed E-state index contributed by atoms with van der Waals surface area (Å²) in [5, 5.41) is 5.82. The highest BCUT2D eigenvalue weighted by Gasteiger charge is 2.31. The number of nitrogens with one attached hydrogen (secondary N) is 2. The van der Waals surface area contributed by atoms with E-state index in [-0.39, 0.29) is 11.9 Å². The minimum Gasteiger partial charge on any atom is -0.381 e. The molecule has 2 aliphatic heterocycles. The highest BCUT2D eigenvalue weighted by molar-refractivity contribution is 5.95. The van der Waals surface area contributed by atoms with Gasteiger partial charge in [-0.3, -0.25) is 9.78 Å². The number of benzene rings is 1. The fourth-order valence-electron chi connectivity index (χ4n) is 3.46. The first-order valence-electron chi connectivity index (χ1n) is 9.61. The molecule has 0 radical (unpaired) electrons. The Bertz CT molecular complexity index is 813. The van der Waals surface area contributed by atoms with Crippen LogP contribution in [0.1, 0.15) is 28.3 Å². The molecule has 146 valence electrons. The second kappa shape index (κ2) is 8.39. The van der Waals surface area contributed by atoms with Crippen LogP contribution < -0.4 is 10.6 Å². The molecule has 1 unspecified atom stereocenters. The maximum absolute atomic E-state index is 12.3. The van der Waals surface area contributed by atoms with E-state index in [9.17, 15) is 9.59 Å². The zero-order chi connectivity index (χ0) is 19.3. The normalized spacial score (nSPS) is 19.1. The first-order valence-corrected chi connectivity index (χ1v) is 9.61. The summed E-state index contributed by atoms with van der Waals surface area (Å²) in [4.78, 5) is 30.5. The Kier molecular flexibility index (Phi) is 5.53. The quantitative estimate of drug-likeness (QED) is 0.835. The predicted octanol–water partition coefficient (Wildman–Crippen LogP) is 2.48. The second-order valence-electron chi connectivity index (χ2n) is 7.34. The molecule has 1 atom stereocenters. The van der Waals surface area contributed by atoms with E-state index in [4.69, 9.17) is 4.74 Å². The molecule has 2 aromatic rings. The molecule has 2 N–H and O–H groups in total. The van der Waals surface area contributed by atoms with E-state index in [1.54, 1.807) is 35.4 Å². The van der Waals surface area contributed by atoms with Gasteiger partial charge >= 0.3 is 6.03 Å². The second-order valence-corrected chi connectivity index (χ2v) is 7.34. The van der Waals surface area contributed by atoms with Crippen molar-refractivity contribution < 1.29 is 14.3 Å². The number of urea groups is 1. The van der Waals surface area contributed by atoms with Crippen molar-refractivity contribution in [1.29, 1.82) is 0 Å². The Balaban J connectivity index is 1.24. The molecule has 4 rings (SSSR count). The number of carbonyl (C=O) groups is 2. The minimum atomic E-state index is -0.126. The van der Waals surface area contributed by atoms with Gasteiger partial charge < -0.3 is 20.3 Å². The van der Waals surface area contributed by atoms with Crippen LogP contribution in [0.2, 0.25) is 0 Å². The fraction of sp³-hybridized carbons (Fsp3) is 0.381. The van der Waals surface area contributed by atoms with E-state index in [0.717, 1.165) is 18.6 Å². The summed E-state index contributed by atoms with van der Waals surface area (Å²) in [5.74, 6) is 0.636. The molecule has 1 aromatic carbocycles. The highest BCUT2D eigenvalue weighted by Crippen LogP contribution is 2.26. The van der Waals surface area contributed by atoms with Crippen molar-refractivity contribution in [3.05, 3.63) is 59.9 Å². The van der Waals surface area contributed by atoms with Gasteiger partial charge in [0.05, 0.1) is 6.61 Å². The fourth-order valence-corrected chi connectivity index (χ4v) is 3.46. The Labute approximate surface area is 164 Å². The maximum Gasteiger partial charge on any atom is 0.321 e. The van der Waals surface area contributed by atoms with E-state index in [2.05, 4.69) is 15.6 Å². The number of rotatable bonds is 5. The van der Waals surface area contributed by atoms with Crippen molar-refractivity contribution in [2.45, 2.75) is 12.3 Å². The molecule has 7 nitrogen and oxygen atoms in total. The third kappa shape index (κ3) is 4.31. The molecule has 0 saturated carbocycles. The monoisotopic (exact) mass is 380 g/mol. The molecule has 3 amide bonds. The molecular weight excluding hydrogens is 356 g/mol. The summed E-state index contributed by atoms with van der Waals surface area (Å²) in [6.07, 6.45) is 4.59. The molecule has 3 heterocycles. The molecule has 1 aromatic heterocycles. The van der Waals surface area contributed by atoms with Crippen LogP contribution in [0.5, 0.6) is 0 Å². The third-order valence-electron chi connectivity index (χ3n) is 5.30. The lowest BCUT2D eigenvalue weighted by Gasteiger charge is -2.39. The molecule has 0 aliphatic carbocycles. The van der Waals surface area contributed by atoms with Gasteiger partial charge in [-0.05, 0) is 42.3 Å². The van der Waals surface area contributed by atoms with E-state index < -0.39 is 0 Å². The standard InChI is InChI=1S/C21H24N4O3/c26-20(23-10-15-7-9-28-14-15)16-3-5-19(6-4-16)24-21(27)25-12-18(13-25)17-2-1-8-22-11-17/h1-6,8,11,15,18H,7,9-10,12-14H2,(H,23,26)(H,24,27). The number of hydrogen-bond acceptors (Lipinski definition) is 4. The van der Waals surface area contributed by atoms with Crippen LogP contribution in [0.15, 0.2) is 48.8 Å². The largest absolute Gasteiger partial charge is 0.381 e. The molecule has 7 heteroatoms. The lowest BCUT2D eigenvalue weighted by molar-refractivity contribution is 0.0945. The number of anilines is 1. The van der Waals surface area contributed by atoms with Crippen molar-refractivity contribution in [2.24, 2.45) is 5.92 Å². The van der Waals surface area contributed by atoms with Crippen molar-refractivity contribution >= 4 is 17.6 Å². The lowest BCUT2D eigenvalue weighted by Crippen LogP contribution is -2.50. The zero-order valence-corrected chi connectivity index (χ0v) is 15.6. The molecular formula is C21H24N4O3. The number of hydrogen-bond donors (Lipinski definition) is 2. The highest BCUT2D eigenvalue weighted by atomic mass is 16.5. The van der Waals surface area contributed by atoms with Gasteiger partial charge in [-0.1, -0.05) is 6.07 Å². The molecule has 2 saturated heterocycles. The van der Waals surface area contributed by atoms with Crippen molar-refractivity contribution in [3.63, 3.8) is 0 Å². The first kappa shape index (κ1) is 18.4. The summed E-state index contributed by atoms with van der Waals surface area (Å²) in [6.45, 7) is 3.48. The van der Waals surface area contributed by atoms with Gasteiger partial charge in [0.2, 0.25) is 0 Å². The Morgan fingerprint density at radius 3 is 2.68 bits per heavy atom. The lowest BCUT2D eigenvalue weighted by atomic mass is 9.93. The number of likely N-dealkylation sites (tertiary alicyclic amines) is 1. The van der Waals surface area contributed by atoms with Crippen LogP contribution in [0.4, 0.5) is 10.5 Å². The number of carbonyl (C=O) groups excluding carboxylic acids is 2. The average molecular weight is 380 g/mol. The van der Waals surface area contributed by atoms with Crippen molar-refractivity contribution in [3.8, 4) is 0 Å². The van der Waals surface area contributed by atoms with E-state index >= 15 is 0 Å². The van der Waals surface area contributed by atoms with Crippen LogP contribution in [-0.4, -0.2) is 54.7 Å². The first-order chi connectivity index (χ1) is 13.7. The van der Waals surface area contributed by atoms with Gasteiger partial charge in [0.25, 0.3) is 5.91 Å². The number of aromatic nitrogens is 1. The summed E-state index contributed by atoms with van der Waals surface area (Å²) >= 11 is 0.